The maximum Gasteiger partial charge on any atom is 0.236 e. The van der Waals surface area contributed by atoms with Gasteiger partial charge in [-0.25, -0.2) is 4.39 Å². The summed E-state index contributed by atoms with van der Waals surface area (Å²) in [4.78, 5) is 11.7. The molecule has 2 nitrogen and oxygen atoms in total. The highest BCUT2D eigenvalue weighted by Gasteiger charge is 2.25. The molecule has 0 bridgehead atoms. The van der Waals surface area contributed by atoms with Crippen LogP contribution in [0, 0.1) is 5.82 Å². The van der Waals surface area contributed by atoms with Crippen LogP contribution in [0.15, 0.2) is 24.3 Å². The van der Waals surface area contributed by atoms with Gasteiger partial charge in [-0.3, -0.25) is 4.79 Å². The van der Waals surface area contributed by atoms with Crippen LogP contribution >= 0.6 is 15.9 Å². The minimum absolute atomic E-state index is 0.121. The van der Waals surface area contributed by atoms with E-state index in [1.54, 1.807) is 26.0 Å². The molecule has 0 saturated carbocycles. The first-order valence-corrected chi connectivity index (χ1v) is 5.85. The van der Waals surface area contributed by atoms with Gasteiger partial charge in [-0.2, -0.15) is 0 Å². The Hall–Kier alpha value is -0.900. The fourth-order valence-electron chi connectivity index (χ4n) is 1.23. The Morgan fingerprint density at radius 1 is 1.50 bits per heavy atom. The van der Waals surface area contributed by atoms with Crippen LogP contribution in [0.1, 0.15) is 32.4 Å². The van der Waals surface area contributed by atoms with Crippen molar-refractivity contribution in [2.45, 2.75) is 31.1 Å². The Labute approximate surface area is 103 Å². The molecule has 88 valence electrons. The van der Waals surface area contributed by atoms with Crippen LogP contribution in [0.2, 0.25) is 0 Å². The smallest absolute Gasteiger partial charge is 0.236 e. The number of carbonyl (C=O) groups is 1. The topological polar surface area (TPSA) is 29.1 Å². The highest BCUT2D eigenvalue weighted by Crippen LogP contribution is 2.19. The third kappa shape index (κ3) is 3.59. The largest absolute Gasteiger partial charge is 0.348 e. The molecule has 0 aliphatic rings. The zero-order valence-electron chi connectivity index (χ0n) is 9.55. The number of halogens is 2. The first-order chi connectivity index (χ1) is 7.30. The second kappa shape index (κ2) is 4.95. The molecule has 1 aromatic rings. The van der Waals surface area contributed by atoms with Crippen LogP contribution in [0.25, 0.3) is 0 Å². The van der Waals surface area contributed by atoms with Crippen LogP contribution in [-0.4, -0.2) is 10.2 Å². The zero-order valence-corrected chi connectivity index (χ0v) is 11.1. The Morgan fingerprint density at radius 2 is 2.12 bits per heavy atom. The molecule has 0 fully saturated rings. The summed E-state index contributed by atoms with van der Waals surface area (Å²) in [7, 11) is 0. The van der Waals surface area contributed by atoms with E-state index in [-0.39, 0.29) is 17.8 Å². The molecule has 0 aromatic heterocycles. The van der Waals surface area contributed by atoms with Gasteiger partial charge in [-0.15, -0.1) is 0 Å². The number of hydrogen-bond acceptors (Lipinski definition) is 1. The lowest BCUT2D eigenvalue weighted by Crippen LogP contribution is -2.38. The van der Waals surface area contributed by atoms with Crippen molar-refractivity contribution in [2.24, 2.45) is 0 Å². The van der Waals surface area contributed by atoms with E-state index in [1.165, 1.54) is 12.1 Å². The van der Waals surface area contributed by atoms with E-state index in [0.29, 0.717) is 0 Å². The average molecular weight is 288 g/mol. The van der Waals surface area contributed by atoms with Gasteiger partial charge in [0.25, 0.3) is 0 Å². The number of benzene rings is 1. The molecule has 0 aliphatic heterocycles. The summed E-state index contributed by atoms with van der Waals surface area (Å²) >= 11 is 3.27. The van der Waals surface area contributed by atoms with Gasteiger partial charge < -0.3 is 5.32 Å². The van der Waals surface area contributed by atoms with Gasteiger partial charge in [0, 0.05) is 0 Å². The minimum atomic E-state index is -0.616. The van der Waals surface area contributed by atoms with Gasteiger partial charge in [-0.1, -0.05) is 28.1 Å². The maximum atomic E-state index is 13.0. The Kier molecular flexibility index (Phi) is 4.08. The number of amides is 1. The Bertz CT molecular complexity index is 387. The van der Waals surface area contributed by atoms with Crippen LogP contribution in [0.3, 0.4) is 0 Å². The average Bonchev–Trinajstić information content (AvgIpc) is 2.16. The SMILES string of the molecule is C[C@@H](NC(=O)C(C)(C)Br)c1cccc(F)c1. The summed E-state index contributed by atoms with van der Waals surface area (Å²) in [5.41, 5.74) is 0.755. The van der Waals surface area contributed by atoms with E-state index in [4.69, 9.17) is 0 Å². The summed E-state index contributed by atoms with van der Waals surface area (Å²) in [5, 5.41) is 2.81. The van der Waals surface area contributed by atoms with E-state index in [0.717, 1.165) is 5.56 Å². The minimum Gasteiger partial charge on any atom is -0.348 e. The van der Waals surface area contributed by atoms with Crippen LogP contribution in [-0.2, 0) is 4.79 Å². The number of nitrogens with one attached hydrogen (secondary N) is 1. The number of rotatable bonds is 3. The van der Waals surface area contributed by atoms with Gasteiger partial charge >= 0.3 is 0 Å². The van der Waals surface area contributed by atoms with Crippen LogP contribution in [0.4, 0.5) is 4.39 Å². The highest BCUT2D eigenvalue weighted by atomic mass is 79.9. The summed E-state index contributed by atoms with van der Waals surface area (Å²) in [6, 6.07) is 6.01. The summed E-state index contributed by atoms with van der Waals surface area (Å²) in [5.74, 6) is -0.416. The monoisotopic (exact) mass is 287 g/mol. The Morgan fingerprint density at radius 3 is 2.62 bits per heavy atom. The van der Waals surface area contributed by atoms with Crippen molar-refractivity contribution in [3.63, 3.8) is 0 Å². The summed E-state index contributed by atoms with van der Waals surface area (Å²) in [6.07, 6.45) is 0. The fraction of sp³-hybridized carbons (Fsp3) is 0.417. The van der Waals surface area contributed by atoms with Crippen molar-refractivity contribution < 1.29 is 9.18 Å². The van der Waals surface area contributed by atoms with E-state index in [9.17, 15) is 9.18 Å². The maximum absolute atomic E-state index is 13.0. The molecule has 0 saturated heterocycles. The number of alkyl halides is 1. The fourth-order valence-corrected chi connectivity index (χ4v) is 1.34. The van der Waals surface area contributed by atoms with Crippen molar-refractivity contribution in [3.8, 4) is 0 Å². The molecule has 0 radical (unpaired) electrons. The molecular weight excluding hydrogens is 273 g/mol. The van der Waals surface area contributed by atoms with Gasteiger partial charge in [0.1, 0.15) is 5.82 Å². The van der Waals surface area contributed by atoms with Gasteiger partial charge in [-0.05, 0) is 38.5 Å². The second-order valence-corrected chi connectivity index (χ2v) is 6.21. The van der Waals surface area contributed by atoms with Crippen molar-refractivity contribution in [1.29, 1.82) is 0 Å². The lowest BCUT2D eigenvalue weighted by Gasteiger charge is -2.20. The van der Waals surface area contributed by atoms with Crippen molar-refractivity contribution in [1.82, 2.24) is 5.32 Å². The van der Waals surface area contributed by atoms with Crippen molar-refractivity contribution in [3.05, 3.63) is 35.6 Å². The van der Waals surface area contributed by atoms with Crippen molar-refractivity contribution in [2.75, 3.05) is 0 Å². The molecule has 1 atom stereocenters. The molecule has 0 heterocycles. The van der Waals surface area contributed by atoms with Gasteiger partial charge in [0.2, 0.25) is 5.91 Å². The molecule has 1 aromatic carbocycles. The molecule has 1 N–H and O–H groups in total. The van der Waals surface area contributed by atoms with E-state index in [1.807, 2.05) is 6.92 Å². The van der Waals surface area contributed by atoms with E-state index < -0.39 is 4.32 Å². The van der Waals surface area contributed by atoms with E-state index in [2.05, 4.69) is 21.2 Å². The lowest BCUT2D eigenvalue weighted by molar-refractivity contribution is -0.123. The Balaban J connectivity index is 2.73. The molecule has 0 unspecified atom stereocenters. The van der Waals surface area contributed by atoms with Crippen molar-refractivity contribution >= 4 is 21.8 Å². The first-order valence-electron chi connectivity index (χ1n) is 5.06. The predicted molar refractivity (Wildman–Crippen MR) is 66.0 cm³/mol. The number of carbonyl (C=O) groups excluding carboxylic acids is 1. The molecule has 0 spiro atoms. The first kappa shape index (κ1) is 13.2. The lowest BCUT2D eigenvalue weighted by atomic mass is 10.1. The van der Waals surface area contributed by atoms with Crippen LogP contribution < -0.4 is 5.32 Å². The van der Waals surface area contributed by atoms with Gasteiger partial charge in [0.15, 0.2) is 0 Å². The third-order valence-corrected chi connectivity index (χ3v) is 2.60. The highest BCUT2D eigenvalue weighted by molar-refractivity contribution is 9.10. The molecule has 1 amide bonds. The quantitative estimate of drug-likeness (QED) is 0.850. The third-order valence-electron chi connectivity index (χ3n) is 2.24. The molecular formula is C12H15BrFNO. The molecule has 0 aliphatic carbocycles. The zero-order chi connectivity index (χ0) is 12.3. The second-order valence-electron chi connectivity index (χ2n) is 4.22. The number of hydrogen-bond donors (Lipinski definition) is 1. The molecule has 16 heavy (non-hydrogen) atoms. The van der Waals surface area contributed by atoms with Gasteiger partial charge in [0.05, 0.1) is 10.4 Å². The summed E-state index contributed by atoms with van der Waals surface area (Å²) < 4.78 is 12.4. The predicted octanol–water partition coefficient (Wildman–Crippen LogP) is 3.18. The van der Waals surface area contributed by atoms with Crippen LogP contribution in [0.5, 0.6) is 0 Å². The summed E-state index contributed by atoms with van der Waals surface area (Å²) in [6.45, 7) is 5.35. The molecule has 4 heteroatoms. The standard InChI is InChI=1S/C12H15BrFNO/c1-8(15-11(16)12(2,3)13)9-5-4-6-10(14)7-9/h4-8H,1-3H3,(H,15,16)/t8-/m1/s1. The normalized spacial score (nSPS) is 13.3. The molecule has 1 rings (SSSR count). The van der Waals surface area contributed by atoms with E-state index >= 15 is 0 Å².